The van der Waals surface area contributed by atoms with E-state index in [-0.39, 0.29) is 18.4 Å². The second-order valence-corrected chi connectivity index (χ2v) is 9.73. The molecule has 2 aliphatic rings. The number of imidazole rings is 1. The number of hydrogen-bond donors (Lipinski definition) is 1. The highest BCUT2D eigenvalue weighted by Crippen LogP contribution is 2.37. The van der Waals surface area contributed by atoms with Gasteiger partial charge in [0, 0.05) is 43.8 Å². The van der Waals surface area contributed by atoms with Crippen LogP contribution < -0.4 is 10.2 Å². The number of aromatic nitrogens is 2. The molecular weight excluding hydrogens is 486 g/mol. The van der Waals surface area contributed by atoms with Crippen LogP contribution in [0.25, 0.3) is 5.69 Å². The van der Waals surface area contributed by atoms with Crippen LogP contribution in [0.5, 0.6) is 0 Å². The Morgan fingerprint density at radius 3 is 2.62 bits per heavy atom. The third kappa shape index (κ3) is 5.47. The number of carbonyl (C=O) groups excluding carboxylic acids is 1. The Bertz CT molecular complexity index is 1570. The van der Waals surface area contributed by atoms with Crippen LogP contribution in [0.4, 0.5) is 17.1 Å². The molecule has 7 heteroatoms. The second kappa shape index (κ2) is 11.0. The van der Waals surface area contributed by atoms with Crippen molar-refractivity contribution in [3.05, 3.63) is 102 Å². The largest absolute Gasteiger partial charge is 0.381 e. The lowest BCUT2D eigenvalue weighted by molar-refractivity contribution is -0.115. The molecule has 0 spiro atoms. The topological polar surface area (TPSA) is 71.8 Å². The van der Waals surface area contributed by atoms with Gasteiger partial charge in [0.05, 0.1) is 47.2 Å². The number of rotatable bonds is 4. The van der Waals surface area contributed by atoms with E-state index in [1.807, 2.05) is 71.4 Å². The van der Waals surface area contributed by atoms with Crippen molar-refractivity contribution in [1.29, 1.82) is 0 Å². The van der Waals surface area contributed by atoms with Crippen molar-refractivity contribution in [2.45, 2.75) is 25.4 Å². The molecule has 3 heterocycles. The molecule has 194 valence electrons. The smallest absolute Gasteiger partial charge is 0.230 e. The molecule has 1 aromatic heterocycles. The van der Waals surface area contributed by atoms with Crippen molar-refractivity contribution in [2.24, 2.45) is 4.99 Å². The van der Waals surface area contributed by atoms with Gasteiger partial charge >= 0.3 is 0 Å². The number of ether oxygens (including phenoxy) is 1. The Morgan fingerprint density at radius 1 is 1.00 bits per heavy atom. The van der Waals surface area contributed by atoms with Crippen LogP contribution in [0.15, 0.2) is 90.4 Å². The van der Waals surface area contributed by atoms with Crippen LogP contribution in [0, 0.1) is 11.8 Å². The predicted molar refractivity (Wildman–Crippen MR) is 154 cm³/mol. The van der Waals surface area contributed by atoms with Crippen LogP contribution in [-0.4, -0.2) is 47.5 Å². The van der Waals surface area contributed by atoms with Crippen molar-refractivity contribution < 1.29 is 9.53 Å². The SMILES string of the molecule is COC1CCN(c2cc3c(cc2C#Cc2ccccc2)NC(=O)CC(c2cccc(-n4ccnc4)c2)=N3)CC1. The predicted octanol–water partition coefficient (Wildman–Crippen LogP) is 5.35. The number of carbonyl (C=O) groups is 1. The molecule has 0 bridgehead atoms. The number of anilines is 2. The quantitative estimate of drug-likeness (QED) is 0.372. The zero-order valence-corrected chi connectivity index (χ0v) is 21.8. The zero-order chi connectivity index (χ0) is 26.6. The molecule has 3 aromatic carbocycles. The van der Waals surface area contributed by atoms with Gasteiger partial charge in [-0.15, -0.1) is 0 Å². The van der Waals surface area contributed by atoms with E-state index in [4.69, 9.17) is 9.73 Å². The lowest BCUT2D eigenvalue weighted by atomic mass is 10.0. The molecule has 1 N–H and O–H groups in total. The number of fused-ring (bicyclic) bond motifs is 1. The number of methoxy groups -OCH3 is 1. The first-order valence-corrected chi connectivity index (χ1v) is 13.2. The van der Waals surface area contributed by atoms with E-state index >= 15 is 0 Å². The van der Waals surface area contributed by atoms with E-state index in [0.717, 1.165) is 65.4 Å². The molecular formula is C32H29N5O2. The van der Waals surface area contributed by atoms with Crippen LogP contribution >= 0.6 is 0 Å². The standard InChI is InChI=1S/C32H29N5O2/c1-39-27-12-15-36(16-13-27)31-20-30-29(19-25(31)11-10-23-6-3-2-4-7-23)35-32(38)21-28(34-30)24-8-5-9-26(18-24)37-17-14-33-22-37/h2-9,14,17-20,22,27H,12-13,15-16,21H2,1H3,(H,35,38). The summed E-state index contributed by atoms with van der Waals surface area (Å²) >= 11 is 0. The summed E-state index contributed by atoms with van der Waals surface area (Å²) in [5.74, 6) is 6.56. The van der Waals surface area contributed by atoms with E-state index in [2.05, 4.69) is 33.1 Å². The Morgan fingerprint density at radius 2 is 1.85 bits per heavy atom. The molecule has 4 aromatic rings. The molecule has 0 aliphatic carbocycles. The first kappa shape index (κ1) is 24.7. The zero-order valence-electron chi connectivity index (χ0n) is 21.8. The number of nitrogens with zero attached hydrogens (tertiary/aromatic N) is 4. The molecule has 2 aliphatic heterocycles. The van der Waals surface area contributed by atoms with E-state index < -0.39 is 0 Å². The van der Waals surface area contributed by atoms with Crippen LogP contribution in [0.1, 0.15) is 36.0 Å². The molecule has 0 atom stereocenters. The Balaban J connectivity index is 1.42. The maximum Gasteiger partial charge on any atom is 0.230 e. The number of hydrogen-bond acceptors (Lipinski definition) is 5. The van der Waals surface area contributed by atoms with Gasteiger partial charge in [-0.3, -0.25) is 9.79 Å². The van der Waals surface area contributed by atoms with Gasteiger partial charge in [0.2, 0.25) is 5.91 Å². The third-order valence-corrected chi connectivity index (χ3v) is 7.18. The summed E-state index contributed by atoms with van der Waals surface area (Å²) < 4.78 is 7.54. The molecule has 0 unspecified atom stereocenters. The number of benzene rings is 3. The summed E-state index contributed by atoms with van der Waals surface area (Å²) in [7, 11) is 1.78. The van der Waals surface area contributed by atoms with E-state index in [1.165, 1.54) is 0 Å². The lowest BCUT2D eigenvalue weighted by Gasteiger charge is -2.34. The number of piperidine rings is 1. The highest BCUT2D eigenvalue weighted by molar-refractivity contribution is 6.17. The minimum Gasteiger partial charge on any atom is -0.381 e. The lowest BCUT2D eigenvalue weighted by Crippen LogP contribution is -2.37. The van der Waals surface area contributed by atoms with E-state index in [0.29, 0.717) is 5.69 Å². The first-order valence-electron chi connectivity index (χ1n) is 13.2. The molecule has 0 saturated carbocycles. The van der Waals surface area contributed by atoms with Crippen molar-refractivity contribution in [1.82, 2.24) is 9.55 Å². The number of nitrogens with one attached hydrogen (secondary N) is 1. The molecule has 1 amide bonds. The maximum atomic E-state index is 13.0. The monoisotopic (exact) mass is 515 g/mol. The normalized spacial score (nSPS) is 15.5. The van der Waals surface area contributed by atoms with Gasteiger partial charge in [0.25, 0.3) is 0 Å². The molecule has 39 heavy (non-hydrogen) atoms. The summed E-state index contributed by atoms with van der Waals surface area (Å²) in [4.78, 5) is 24.6. The summed E-state index contributed by atoms with van der Waals surface area (Å²) in [5.41, 5.74) is 6.84. The van der Waals surface area contributed by atoms with Gasteiger partial charge in [-0.05, 0) is 54.8 Å². The second-order valence-electron chi connectivity index (χ2n) is 9.73. The maximum absolute atomic E-state index is 13.0. The van der Waals surface area contributed by atoms with Crippen molar-refractivity contribution in [3.8, 4) is 17.5 Å². The molecule has 1 fully saturated rings. The molecule has 1 saturated heterocycles. The molecule has 7 nitrogen and oxygen atoms in total. The Hall–Kier alpha value is -4.67. The minimum absolute atomic E-state index is 0.101. The Labute approximate surface area is 228 Å². The fourth-order valence-corrected chi connectivity index (χ4v) is 5.08. The van der Waals surface area contributed by atoms with Gasteiger partial charge in [-0.2, -0.15) is 0 Å². The molecule has 6 rings (SSSR count). The third-order valence-electron chi connectivity index (χ3n) is 7.18. The number of aliphatic imine (C=N–C) groups is 1. The van der Waals surface area contributed by atoms with Crippen LogP contribution in [-0.2, 0) is 9.53 Å². The average molecular weight is 516 g/mol. The van der Waals surface area contributed by atoms with Crippen molar-refractivity contribution in [2.75, 3.05) is 30.4 Å². The number of amides is 1. The summed E-state index contributed by atoms with van der Waals surface area (Å²) in [5, 5.41) is 3.07. The summed E-state index contributed by atoms with van der Waals surface area (Å²) in [6, 6.07) is 22.0. The van der Waals surface area contributed by atoms with Gasteiger partial charge in [0.1, 0.15) is 0 Å². The minimum atomic E-state index is -0.101. The van der Waals surface area contributed by atoms with Crippen LogP contribution in [0.3, 0.4) is 0 Å². The van der Waals surface area contributed by atoms with Gasteiger partial charge in [-0.1, -0.05) is 42.2 Å². The fourth-order valence-electron chi connectivity index (χ4n) is 5.08. The van der Waals surface area contributed by atoms with Crippen molar-refractivity contribution >= 4 is 28.7 Å². The Kier molecular flexibility index (Phi) is 6.94. The van der Waals surface area contributed by atoms with Crippen LogP contribution in [0.2, 0.25) is 0 Å². The van der Waals surface area contributed by atoms with Gasteiger partial charge < -0.3 is 19.5 Å². The molecule has 0 radical (unpaired) electrons. The van der Waals surface area contributed by atoms with Gasteiger partial charge in [0.15, 0.2) is 0 Å². The summed E-state index contributed by atoms with van der Waals surface area (Å²) in [6.45, 7) is 1.74. The van der Waals surface area contributed by atoms with E-state index in [1.54, 1.807) is 19.6 Å². The highest BCUT2D eigenvalue weighted by atomic mass is 16.5. The fraction of sp³-hybridized carbons (Fsp3) is 0.219. The van der Waals surface area contributed by atoms with Gasteiger partial charge in [-0.25, -0.2) is 4.98 Å². The summed E-state index contributed by atoms with van der Waals surface area (Å²) in [6.07, 6.45) is 7.75. The highest BCUT2D eigenvalue weighted by Gasteiger charge is 2.24. The first-order chi connectivity index (χ1) is 19.2. The van der Waals surface area contributed by atoms with Crippen molar-refractivity contribution in [3.63, 3.8) is 0 Å². The average Bonchev–Trinajstić information content (AvgIpc) is 3.47. The van der Waals surface area contributed by atoms with E-state index in [9.17, 15) is 4.79 Å².